The number of carbonyl (C=O) groups is 1. The van der Waals surface area contributed by atoms with Gasteiger partial charge >= 0.3 is 0 Å². The second-order valence-electron chi connectivity index (χ2n) is 5.35. The SMILES string of the molecule is Cc1nn(-c2ccc(F)cc2)c(Cl)c1C(=O)Nc1cc(F)c(I)c(F)c1. The standard InChI is InChI=1S/C17H10ClF3IN3O/c1-8-14(16(18)25(24-8)11-4-2-9(19)3-5-11)17(26)23-10-6-12(20)15(22)13(21)7-10/h2-7H,1H3,(H,23,26). The lowest BCUT2D eigenvalue weighted by atomic mass is 10.2. The number of amides is 1. The van der Waals surface area contributed by atoms with E-state index < -0.39 is 23.4 Å². The Morgan fingerprint density at radius 3 is 2.31 bits per heavy atom. The normalized spacial score (nSPS) is 10.8. The Balaban J connectivity index is 1.94. The van der Waals surface area contributed by atoms with Crippen molar-refractivity contribution in [2.75, 3.05) is 5.32 Å². The number of anilines is 1. The predicted molar refractivity (Wildman–Crippen MR) is 100 cm³/mol. The highest BCUT2D eigenvalue weighted by molar-refractivity contribution is 14.1. The first-order valence-corrected chi connectivity index (χ1v) is 8.70. The molecule has 1 N–H and O–H groups in total. The van der Waals surface area contributed by atoms with Gasteiger partial charge in [0.25, 0.3) is 5.91 Å². The van der Waals surface area contributed by atoms with E-state index in [2.05, 4.69) is 10.4 Å². The van der Waals surface area contributed by atoms with Gasteiger partial charge in [-0.05, 0) is 65.9 Å². The fourth-order valence-corrected chi connectivity index (χ4v) is 3.00. The van der Waals surface area contributed by atoms with Crippen LogP contribution in [0.2, 0.25) is 5.15 Å². The summed E-state index contributed by atoms with van der Waals surface area (Å²) in [5.74, 6) is -2.66. The molecule has 0 radical (unpaired) electrons. The molecule has 0 fully saturated rings. The Morgan fingerprint density at radius 2 is 1.73 bits per heavy atom. The average molecular weight is 492 g/mol. The molecule has 0 unspecified atom stereocenters. The number of aromatic nitrogens is 2. The van der Waals surface area contributed by atoms with Gasteiger partial charge in [0.2, 0.25) is 0 Å². The minimum atomic E-state index is -0.786. The molecule has 0 bridgehead atoms. The number of rotatable bonds is 3. The molecule has 0 saturated carbocycles. The minimum Gasteiger partial charge on any atom is -0.322 e. The van der Waals surface area contributed by atoms with Crippen molar-refractivity contribution in [3.63, 3.8) is 0 Å². The summed E-state index contributed by atoms with van der Waals surface area (Å²) in [6, 6.07) is 7.41. The molecule has 0 atom stereocenters. The minimum absolute atomic E-state index is 0.00179. The first kappa shape index (κ1) is 18.7. The Morgan fingerprint density at radius 1 is 1.15 bits per heavy atom. The van der Waals surface area contributed by atoms with Crippen molar-refractivity contribution in [2.45, 2.75) is 6.92 Å². The zero-order valence-corrected chi connectivity index (χ0v) is 16.1. The molecule has 1 amide bonds. The van der Waals surface area contributed by atoms with Crippen LogP contribution in [-0.2, 0) is 0 Å². The van der Waals surface area contributed by atoms with Crippen molar-refractivity contribution in [3.05, 3.63) is 73.8 Å². The van der Waals surface area contributed by atoms with Crippen molar-refractivity contribution < 1.29 is 18.0 Å². The molecule has 3 aromatic rings. The highest BCUT2D eigenvalue weighted by Crippen LogP contribution is 2.26. The molecule has 4 nitrogen and oxygen atoms in total. The van der Waals surface area contributed by atoms with Crippen LogP contribution in [0.5, 0.6) is 0 Å². The summed E-state index contributed by atoms with van der Waals surface area (Å²) in [6.45, 7) is 1.57. The summed E-state index contributed by atoms with van der Waals surface area (Å²) in [5, 5.41) is 6.57. The zero-order chi connectivity index (χ0) is 19.0. The quantitative estimate of drug-likeness (QED) is 0.409. The number of halogens is 5. The molecular formula is C17H10ClF3IN3O. The molecule has 3 rings (SSSR count). The molecule has 0 saturated heterocycles. The van der Waals surface area contributed by atoms with Crippen LogP contribution in [-0.4, -0.2) is 15.7 Å². The first-order valence-electron chi connectivity index (χ1n) is 7.25. The van der Waals surface area contributed by atoms with E-state index in [1.165, 1.54) is 51.5 Å². The second-order valence-corrected chi connectivity index (χ2v) is 6.78. The molecular weight excluding hydrogens is 482 g/mol. The van der Waals surface area contributed by atoms with Gasteiger partial charge in [-0.2, -0.15) is 5.10 Å². The summed E-state index contributed by atoms with van der Waals surface area (Å²) in [5.41, 5.74) is 0.777. The summed E-state index contributed by atoms with van der Waals surface area (Å²) >= 11 is 7.78. The summed E-state index contributed by atoms with van der Waals surface area (Å²) < 4.78 is 41.4. The lowest BCUT2D eigenvalue weighted by molar-refractivity contribution is 0.102. The summed E-state index contributed by atoms with van der Waals surface area (Å²) in [6.07, 6.45) is 0. The Bertz CT molecular complexity index is 982. The zero-order valence-electron chi connectivity index (χ0n) is 13.2. The highest BCUT2D eigenvalue weighted by atomic mass is 127. The number of nitrogens with one attached hydrogen (secondary N) is 1. The van der Waals surface area contributed by atoms with E-state index in [-0.39, 0.29) is 20.0 Å². The molecule has 0 aliphatic heterocycles. The van der Waals surface area contributed by atoms with E-state index in [4.69, 9.17) is 11.6 Å². The smallest absolute Gasteiger partial charge is 0.260 e. The van der Waals surface area contributed by atoms with Gasteiger partial charge in [0.15, 0.2) is 0 Å². The molecule has 0 aliphatic carbocycles. The number of carbonyl (C=O) groups excluding carboxylic acids is 1. The summed E-state index contributed by atoms with van der Waals surface area (Å²) in [7, 11) is 0. The van der Waals surface area contributed by atoms with Crippen LogP contribution in [0.4, 0.5) is 18.9 Å². The van der Waals surface area contributed by atoms with Crippen LogP contribution >= 0.6 is 34.2 Å². The van der Waals surface area contributed by atoms with Gasteiger partial charge in [-0.15, -0.1) is 0 Å². The van der Waals surface area contributed by atoms with E-state index in [9.17, 15) is 18.0 Å². The van der Waals surface area contributed by atoms with Crippen molar-refractivity contribution in [1.82, 2.24) is 9.78 Å². The van der Waals surface area contributed by atoms with Gasteiger partial charge < -0.3 is 5.32 Å². The molecule has 26 heavy (non-hydrogen) atoms. The molecule has 2 aromatic carbocycles. The van der Waals surface area contributed by atoms with E-state index in [1.54, 1.807) is 6.92 Å². The van der Waals surface area contributed by atoms with Gasteiger partial charge in [-0.3, -0.25) is 4.79 Å². The topological polar surface area (TPSA) is 46.9 Å². The van der Waals surface area contributed by atoms with Crippen LogP contribution in [0.1, 0.15) is 16.1 Å². The van der Waals surface area contributed by atoms with Crippen molar-refractivity contribution >= 4 is 45.8 Å². The lowest BCUT2D eigenvalue weighted by Gasteiger charge is -2.07. The largest absolute Gasteiger partial charge is 0.322 e. The first-order chi connectivity index (χ1) is 12.3. The van der Waals surface area contributed by atoms with E-state index >= 15 is 0 Å². The van der Waals surface area contributed by atoms with Crippen LogP contribution in [0, 0.1) is 27.9 Å². The Kier molecular flexibility index (Phi) is 5.24. The van der Waals surface area contributed by atoms with E-state index in [1.807, 2.05) is 0 Å². The maximum Gasteiger partial charge on any atom is 0.260 e. The third-order valence-electron chi connectivity index (χ3n) is 3.54. The molecule has 0 aliphatic rings. The number of aryl methyl sites for hydroxylation is 1. The molecule has 1 aromatic heterocycles. The number of hydrogen-bond acceptors (Lipinski definition) is 2. The summed E-state index contributed by atoms with van der Waals surface area (Å²) in [4.78, 5) is 12.5. The average Bonchev–Trinajstić information content (AvgIpc) is 2.88. The fraction of sp³-hybridized carbons (Fsp3) is 0.0588. The number of nitrogens with zero attached hydrogens (tertiary/aromatic N) is 2. The van der Waals surface area contributed by atoms with Crippen molar-refractivity contribution in [2.24, 2.45) is 0 Å². The van der Waals surface area contributed by atoms with Gasteiger partial charge in [-0.1, -0.05) is 11.6 Å². The van der Waals surface area contributed by atoms with Crippen molar-refractivity contribution in [1.29, 1.82) is 0 Å². The highest BCUT2D eigenvalue weighted by Gasteiger charge is 2.22. The maximum atomic E-state index is 13.6. The second kappa shape index (κ2) is 7.28. The van der Waals surface area contributed by atoms with Gasteiger partial charge in [0, 0.05) is 5.69 Å². The Labute approximate surface area is 165 Å². The molecule has 1 heterocycles. The molecule has 134 valence electrons. The van der Waals surface area contributed by atoms with Crippen LogP contribution < -0.4 is 5.32 Å². The fourth-order valence-electron chi connectivity index (χ4n) is 2.33. The number of hydrogen-bond donors (Lipinski definition) is 1. The van der Waals surface area contributed by atoms with Gasteiger partial charge in [0.1, 0.15) is 28.2 Å². The van der Waals surface area contributed by atoms with E-state index in [0.29, 0.717) is 11.4 Å². The Hall–Kier alpha value is -2.07. The monoisotopic (exact) mass is 491 g/mol. The van der Waals surface area contributed by atoms with E-state index in [0.717, 1.165) is 12.1 Å². The lowest BCUT2D eigenvalue weighted by Crippen LogP contribution is -2.14. The third kappa shape index (κ3) is 3.56. The predicted octanol–water partition coefficient (Wildman–Crippen LogP) is 5.11. The number of benzene rings is 2. The van der Waals surface area contributed by atoms with Crippen LogP contribution in [0.3, 0.4) is 0 Å². The molecule has 0 spiro atoms. The van der Waals surface area contributed by atoms with Gasteiger partial charge in [-0.25, -0.2) is 17.9 Å². The van der Waals surface area contributed by atoms with Crippen LogP contribution in [0.25, 0.3) is 5.69 Å². The maximum absolute atomic E-state index is 13.6. The third-order valence-corrected chi connectivity index (χ3v) is 4.92. The van der Waals surface area contributed by atoms with Crippen LogP contribution in [0.15, 0.2) is 36.4 Å². The van der Waals surface area contributed by atoms with Crippen molar-refractivity contribution in [3.8, 4) is 5.69 Å². The molecule has 9 heteroatoms. The van der Waals surface area contributed by atoms with Gasteiger partial charge in [0.05, 0.1) is 15.0 Å².